The summed E-state index contributed by atoms with van der Waals surface area (Å²) >= 11 is 5.72. The number of hydrogen-bond donors (Lipinski definition) is 2. The number of nitrogens with one attached hydrogen (secondary N) is 1. The minimum absolute atomic E-state index is 0.157. The SMILES string of the molecule is CC(NC(=O)c1ccc(Cl)cc1O)c1nncn1C. The highest BCUT2D eigenvalue weighted by Gasteiger charge is 2.17. The topological polar surface area (TPSA) is 80.0 Å². The summed E-state index contributed by atoms with van der Waals surface area (Å²) in [5.41, 5.74) is 0.165. The van der Waals surface area contributed by atoms with Crippen molar-refractivity contribution in [3.63, 3.8) is 0 Å². The van der Waals surface area contributed by atoms with Crippen LogP contribution in [0.2, 0.25) is 5.02 Å². The molecule has 0 aliphatic heterocycles. The van der Waals surface area contributed by atoms with Gasteiger partial charge in [-0.25, -0.2) is 0 Å². The predicted molar refractivity (Wildman–Crippen MR) is 70.0 cm³/mol. The number of aryl methyl sites for hydroxylation is 1. The van der Waals surface area contributed by atoms with Gasteiger partial charge in [0.2, 0.25) is 0 Å². The van der Waals surface area contributed by atoms with Crippen LogP contribution in [0.1, 0.15) is 29.1 Å². The zero-order valence-corrected chi connectivity index (χ0v) is 11.2. The lowest BCUT2D eigenvalue weighted by molar-refractivity contribution is 0.0935. The molecule has 1 unspecified atom stereocenters. The average molecular weight is 281 g/mol. The van der Waals surface area contributed by atoms with E-state index in [0.717, 1.165) is 0 Å². The summed E-state index contributed by atoms with van der Waals surface area (Å²) in [6.07, 6.45) is 1.55. The lowest BCUT2D eigenvalue weighted by Crippen LogP contribution is -2.28. The summed E-state index contributed by atoms with van der Waals surface area (Å²) in [4.78, 5) is 12.0. The van der Waals surface area contributed by atoms with Gasteiger partial charge in [0.1, 0.15) is 12.1 Å². The van der Waals surface area contributed by atoms with Crippen LogP contribution < -0.4 is 5.32 Å². The van der Waals surface area contributed by atoms with Gasteiger partial charge in [-0.2, -0.15) is 0 Å². The summed E-state index contributed by atoms with van der Waals surface area (Å²) in [5, 5.41) is 20.4. The summed E-state index contributed by atoms with van der Waals surface area (Å²) in [7, 11) is 1.79. The van der Waals surface area contributed by atoms with Crippen molar-refractivity contribution in [2.45, 2.75) is 13.0 Å². The molecule has 0 aliphatic carbocycles. The van der Waals surface area contributed by atoms with Crippen LogP contribution in [0.15, 0.2) is 24.5 Å². The van der Waals surface area contributed by atoms with Crippen molar-refractivity contribution < 1.29 is 9.90 Å². The summed E-state index contributed by atoms with van der Waals surface area (Å²) in [6, 6.07) is 4.01. The Bertz CT molecular complexity index is 612. The number of phenolic OH excluding ortho intramolecular Hbond substituents is 1. The molecule has 1 amide bonds. The highest BCUT2D eigenvalue weighted by molar-refractivity contribution is 6.30. The van der Waals surface area contributed by atoms with E-state index in [1.165, 1.54) is 12.1 Å². The molecular formula is C12H13ClN4O2. The van der Waals surface area contributed by atoms with Crippen molar-refractivity contribution in [2.24, 2.45) is 7.05 Å². The van der Waals surface area contributed by atoms with E-state index in [0.29, 0.717) is 10.8 Å². The molecule has 0 saturated carbocycles. The van der Waals surface area contributed by atoms with E-state index in [9.17, 15) is 9.90 Å². The second-order valence-corrected chi connectivity index (χ2v) is 4.59. The number of amides is 1. The van der Waals surface area contributed by atoms with Gasteiger partial charge in [-0.15, -0.1) is 10.2 Å². The van der Waals surface area contributed by atoms with E-state index in [1.54, 1.807) is 30.9 Å². The van der Waals surface area contributed by atoms with Crippen molar-refractivity contribution in [3.8, 4) is 5.75 Å². The first kappa shape index (κ1) is 13.4. The first-order valence-electron chi connectivity index (χ1n) is 5.62. The number of phenols is 1. The van der Waals surface area contributed by atoms with Gasteiger partial charge in [0.15, 0.2) is 5.82 Å². The Labute approximate surface area is 115 Å². The van der Waals surface area contributed by atoms with E-state index in [-0.39, 0.29) is 17.4 Å². The lowest BCUT2D eigenvalue weighted by Gasteiger charge is -2.13. The number of carbonyl (C=O) groups excluding carboxylic acids is 1. The lowest BCUT2D eigenvalue weighted by atomic mass is 10.1. The number of rotatable bonds is 3. The molecular weight excluding hydrogens is 268 g/mol. The molecule has 0 fully saturated rings. The third-order valence-corrected chi connectivity index (χ3v) is 2.92. The zero-order chi connectivity index (χ0) is 14.0. The molecule has 0 spiro atoms. The Morgan fingerprint density at radius 2 is 2.26 bits per heavy atom. The fourth-order valence-electron chi connectivity index (χ4n) is 1.72. The van der Waals surface area contributed by atoms with Crippen molar-refractivity contribution in [3.05, 3.63) is 40.9 Å². The number of nitrogens with zero attached hydrogens (tertiary/aromatic N) is 3. The number of carbonyl (C=O) groups is 1. The van der Waals surface area contributed by atoms with Crippen LogP contribution in [-0.4, -0.2) is 25.8 Å². The molecule has 7 heteroatoms. The molecule has 0 saturated heterocycles. The van der Waals surface area contributed by atoms with Crippen LogP contribution in [0.4, 0.5) is 0 Å². The van der Waals surface area contributed by atoms with E-state index in [4.69, 9.17) is 11.6 Å². The predicted octanol–water partition coefficient (Wildman–Crippen LogP) is 1.67. The number of benzene rings is 1. The summed E-state index contributed by atoms with van der Waals surface area (Å²) < 4.78 is 1.71. The Morgan fingerprint density at radius 1 is 1.53 bits per heavy atom. The minimum atomic E-state index is -0.398. The molecule has 1 heterocycles. The summed E-state index contributed by atoms with van der Waals surface area (Å²) in [6.45, 7) is 1.79. The standard InChI is InChI=1S/C12H13ClN4O2/c1-7(11-16-14-6-17(11)2)15-12(19)9-4-3-8(13)5-10(9)18/h3-7,18H,1-2H3,(H,15,19). The minimum Gasteiger partial charge on any atom is -0.507 e. The highest BCUT2D eigenvalue weighted by Crippen LogP contribution is 2.22. The van der Waals surface area contributed by atoms with E-state index in [2.05, 4.69) is 15.5 Å². The molecule has 19 heavy (non-hydrogen) atoms. The van der Waals surface area contributed by atoms with Gasteiger partial charge in [-0.05, 0) is 25.1 Å². The number of aromatic nitrogens is 3. The molecule has 1 atom stereocenters. The Hall–Kier alpha value is -2.08. The third-order valence-electron chi connectivity index (χ3n) is 2.69. The molecule has 2 rings (SSSR count). The first-order valence-corrected chi connectivity index (χ1v) is 6.00. The maximum absolute atomic E-state index is 12.0. The quantitative estimate of drug-likeness (QED) is 0.896. The van der Waals surface area contributed by atoms with Gasteiger partial charge in [0, 0.05) is 12.1 Å². The second-order valence-electron chi connectivity index (χ2n) is 4.16. The normalized spacial score (nSPS) is 12.2. The zero-order valence-electron chi connectivity index (χ0n) is 10.5. The van der Waals surface area contributed by atoms with Crippen molar-refractivity contribution in [1.82, 2.24) is 20.1 Å². The van der Waals surface area contributed by atoms with Crippen LogP contribution in [0.25, 0.3) is 0 Å². The van der Waals surface area contributed by atoms with E-state index in [1.807, 2.05) is 0 Å². The largest absolute Gasteiger partial charge is 0.507 e. The molecule has 0 radical (unpaired) electrons. The van der Waals surface area contributed by atoms with Gasteiger partial charge >= 0.3 is 0 Å². The Kier molecular flexibility index (Phi) is 3.71. The van der Waals surface area contributed by atoms with Gasteiger partial charge in [-0.1, -0.05) is 11.6 Å². The second kappa shape index (κ2) is 5.27. The Balaban J connectivity index is 2.15. The summed E-state index contributed by atoms with van der Waals surface area (Å²) in [5.74, 6) is 0.0710. The van der Waals surface area contributed by atoms with Crippen molar-refractivity contribution in [2.75, 3.05) is 0 Å². The fraction of sp³-hybridized carbons (Fsp3) is 0.250. The molecule has 2 aromatic rings. The van der Waals surface area contributed by atoms with Crippen LogP contribution in [0.5, 0.6) is 5.75 Å². The highest BCUT2D eigenvalue weighted by atomic mass is 35.5. The Morgan fingerprint density at radius 3 is 2.84 bits per heavy atom. The van der Waals surface area contributed by atoms with Gasteiger partial charge in [0.25, 0.3) is 5.91 Å². The van der Waals surface area contributed by atoms with Gasteiger partial charge < -0.3 is 15.0 Å². The first-order chi connectivity index (χ1) is 8.99. The average Bonchev–Trinajstić information content (AvgIpc) is 2.75. The maximum atomic E-state index is 12.0. The molecule has 0 aliphatic rings. The van der Waals surface area contributed by atoms with E-state index < -0.39 is 5.91 Å². The maximum Gasteiger partial charge on any atom is 0.255 e. The van der Waals surface area contributed by atoms with Crippen LogP contribution in [-0.2, 0) is 7.05 Å². The van der Waals surface area contributed by atoms with Gasteiger partial charge in [-0.3, -0.25) is 4.79 Å². The smallest absolute Gasteiger partial charge is 0.255 e. The molecule has 1 aromatic heterocycles. The van der Waals surface area contributed by atoms with Crippen molar-refractivity contribution in [1.29, 1.82) is 0 Å². The number of aromatic hydroxyl groups is 1. The van der Waals surface area contributed by atoms with E-state index >= 15 is 0 Å². The number of halogens is 1. The van der Waals surface area contributed by atoms with Crippen LogP contribution >= 0.6 is 11.6 Å². The fourth-order valence-corrected chi connectivity index (χ4v) is 1.89. The third kappa shape index (κ3) is 2.85. The number of hydrogen-bond acceptors (Lipinski definition) is 4. The van der Waals surface area contributed by atoms with Crippen LogP contribution in [0, 0.1) is 0 Å². The van der Waals surface area contributed by atoms with Crippen molar-refractivity contribution >= 4 is 17.5 Å². The monoisotopic (exact) mass is 280 g/mol. The molecule has 6 nitrogen and oxygen atoms in total. The molecule has 0 bridgehead atoms. The molecule has 100 valence electrons. The van der Waals surface area contributed by atoms with Gasteiger partial charge in [0.05, 0.1) is 11.6 Å². The van der Waals surface area contributed by atoms with Crippen LogP contribution in [0.3, 0.4) is 0 Å². The molecule has 1 aromatic carbocycles. The molecule has 2 N–H and O–H groups in total.